The largest absolute Gasteiger partial charge is 0.501 e. The van der Waals surface area contributed by atoms with Crippen molar-refractivity contribution in [3.05, 3.63) is 41.1 Å². The first-order valence-electron chi connectivity index (χ1n) is 3.86. The molecule has 1 aromatic rings. The Morgan fingerprint density at radius 3 is 2.58 bits per heavy atom. The number of hydrogen-bond acceptors (Lipinski definition) is 1. The summed E-state index contributed by atoms with van der Waals surface area (Å²) in [6.45, 7) is 2.65. The van der Waals surface area contributed by atoms with Gasteiger partial charge in [0.15, 0.2) is 0 Å². The van der Waals surface area contributed by atoms with Crippen LogP contribution in [0.3, 0.4) is 0 Å². The summed E-state index contributed by atoms with van der Waals surface area (Å²) >= 11 is 5.72. The fourth-order valence-electron chi connectivity index (χ4n) is 0.797. The first-order valence-corrected chi connectivity index (χ1v) is 4.24. The Labute approximate surface area is 77.6 Å². The zero-order valence-electron chi connectivity index (χ0n) is 6.96. The third-order valence-corrected chi connectivity index (χ3v) is 1.65. The minimum atomic E-state index is 0.699. The van der Waals surface area contributed by atoms with Crippen LogP contribution in [0.4, 0.5) is 0 Å². The summed E-state index contributed by atoms with van der Waals surface area (Å²) in [4.78, 5) is 0. The number of halogens is 1. The van der Waals surface area contributed by atoms with Crippen molar-refractivity contribution < 1.29 is 4.74 Å². The average Bonchev–Trinajstić information content (AvgIpc) is 2.09. The molecule has 0 aliphatic rings. The van der Waals surface area contributed by atoms with Gasteiger partial charge in [-0.15, -0.1) is 0 Å². The molecule has 0 N–H and O–H groups in total. The second kappa shape index (κ2) is 4.83. The molecule has 0 amide bonds. The molecular formula is C10H11ClO. The van der Waals surface area contributed by atoms with Gasteiger partial charge in [0.2, 0.25) is 0 Å². The van der Waals surface area contributed by atoms with Gasteiger partial charge < -0.3 is 4.74 Å². The summed E-state index contributed by atoms with van der Waals surface area (Å²) in [5.74, 6) is 0. The third kappa shape index (κ3) is 2.97. The standard InChI is InChI=1S/C10H11ClO/c1-2-12-8-7-9-3-5-10(11)6-4-9/h3-8H,2H2,1H3/b8-7+. The van der Waals surface area contributed by atoms with Gasteiger partial charge >= 0.3 is 0 Å². The van der Waals surface area contributed by atoms with Crippen molar-refractivity contribution in [2.45, 2.75) is 6.92 Å². The Balaban J connectivity index is 2.58. The van der Waals surface area contributed by atoms with E-state index in [0.29, 0.717) is 6.61 Å². The predicted octanol–water partition coefficient (Wildman–Crippen LogP) is 3.35. The van der Waals surface area contributed by atoms with E-state index in [1.54, 1.807) is 6.26 Å². The average molecular weight is 183 g/mol. The van der Waals surface area contributed by atoms with Gasteiger partial charge in [0.1, 0.15) is 0 Å². The monoisotopic (exact) mass is 182 g/mol. The molecule has 0 aliphatic carbocycles. The lowest BCUT2D eigenvalue weighted by Crippen LogP contribution is -1.76. The van der Waals surface area contributed by atoms with E-state index in [4.69, 9.17) is 16.3 Å². The molecule has 0 unspecified atom stereocenters. The SMILES string of the molecule is CCO/C=C/c1ccc(Cl)cc1. The van der Waals surface area contributed by atoms with Crippen LogP contribution >= 0.6 is 11.6 Å². The summed E-state index contributed by atoms with van der Waals surface area (Å²) in [6.07, 6.45) is 3.59. The molecule has 12 heavy (non-hydrogen) atoms. The Kier molecular flexibility index (Phi) is 3.68. The Hall–Kier alpha value is -0.950. The van der Waals surface area contributed by atoms with Gasteiger partial charge in [-0.3, -0.25) is 0 Å². The Morgan fingerprint density at radius 2 is 2.00 bits per heavy atom. The fourth-order valence-corrected chi connectivity index (χ4v) is 0.923. The van der Waals surface area contributed by atoms with Crippen LogP contribution in [0.25, 0.3) is 6.08 Å². The Morgan fingerprint density at radius 1 is 1.33 bits per heavy atom. The molecule has 0 radical (unpaired) electrons. The van der Waals surface area contributed by atoms with Gasteiger partial charge in [-0.2, -0.15) is 0 Å². The number of rotatable bonds is 3. The molecule has 0 aromatic heterocycles. The smallest absolute Gasteiger partial charge is 0.0845 e. The van der Waals surface area contributed by atoms with Crippen molar-refractivity contribution in [2.24, 2.45) is 0 Å². The summed E-state index contributed by atoms with van der Waals surface area (Å²) in [5, 5.41) is 0.753. The molecule has 0 bridgehead atoms. The maximum atomic E-state index is 5.72. The maximum absolute atomic E-state index is 5.72. The molecule has 2 heteroatoms. The molecule has 1 nitrogen and oxygen atoms in total. The molecular weight excluding hydrogens is 172 g/mol. The second-order valence-electron chi connectivity index (χ2n) is 2.31. The highest BCUT2D eigenvalue weighted by atomic mass is 35.5. The van der Waals surface area contributed by atoms with Crippen molar-refractivity contribution in [3.8, 4) is 0 Å². The maximum Gasteiger partial charge on any atom is 0.0845 e. The first-order chi connectivity index (χ1) is 5.83. The molecule has 0 saturated heterocycles. The molecule has 0 saturated carbocycles. The molecule has 0 fully saturated rings. The third-order valence-electron chi connectivity index (χ3n) is 1.39. The first kappa shape index (κ1) is 9.14. The van der Waals surface area contributed by atoms with Gasteiger partial charge in [0.25, 0.3) is 0 Å². The molecule has 0 aliphatic heterocycles. The van der Waals surface area contributed by atoms with Crippen LogP contribution in [0.15, 0.2) is 30.5 Å². The molecule has 0 atom stereocenters. The summed E-state index contributed by atoms with van der Waals surface area (Å²) < 4.78 is 5.05. The van der Waals surface area contributed by atoms with E-state index in [-0.39, 0.29) is 0 Å². The second-order valence-corrected chi connectivity index (χ2v) is 2.75. The van der Waals surface area contributed by atoms with Gasteiger partial charge in [0, 0.05) is 5.02 Å². The molecule has 1 rings (SSSR count). The van der Waals surface area contributed by atoms with Crippen LogP contribution in [0.5, 0.6) is 0 Å². The zero-order valence-corrected chi connectivity index (χ0v) is 7.71. The van der Waals surface area contributed by atoms with E-state index < -0.39 is 0 Å². The normalized spacial score (nSPS) is 10.5. The number of benzene rings is 1. The minimum absolute atomic E-state index is 0.699. The minimum Gasteiger partial charge on any atom is -0.501 e. The van der Waals surface area contributed by atoms with Crippen molar-refractivity contribution in [2.75, 3.05) is 6.61 Å². The van der Waals surface area contributed by atoms with Crippen LogP contribution in [0.1, 0.15) is 12.5 Å². The van der Waals surface area contributed by atoms with E-state index in [1.165, 1.54) is 0 Å². The summed E-state index contributed by atoms with van der Waals surface area (Å²) in [6, 6.07) is 7.59. The number of hydrogen-bond donors (Lipinski definition) is 0. The van der Waals surface area contributed by atoms with Gasteiger partial charge in [0.05, 0.1) is 12.9 Å². The van der Waals surface area contributed by atoms with Crippen LogP contribution in [0.2, 0.25) is 5.02 Å². The highest BCUT2D eigenvalue weighted by Gasteiger charge is 1.86. The van der Waals surface area contributed by atoms with Crippen molar-refractivity contribution in [1.29, 1.82) is 0 Å². The highest BCUT2D eigenvalue weighted by molar-refractivity contribution is 6.30. The molecule has 1 aromatic carbocycles. The highest BCUT2D eigenvalue weighted by Crippen LogP contribution is 2.10. The fraction of sp³-hybridized carbons (Fsp3) is 0.200. The molecule has 0 spiro atoms. The van der Waals surface area contributed by atoms with Crippen LogP contribution < -0.4 is 0 Å². The van der Waals surface area contributed by atoms with E-state index in [0.717, 1.165) is 10.6 Å². The van der Waals surface area contributed by atoms with Gasteiger partial charge in [-0.25, -0.2) is 0 Å². The van der Waals surface area contributed by atoms with Crippen molar-refractivity contribution >= 4 is 17.7 Å². The number of ether oxygens (including phenoxy) is 1. The topological polar surface area (TPSA) is 9.23 Å². The van der Waals surface area contributed by atoms with Crippen LogP contribution in [-0.2, 0) is 4.74 Å². The van der Waals surface area contributed by atoms with Crippen LogP contribution in [0, 0.1) is 0 Å². The molecule has 0 heterocycles. The van der Waals surface area contributed by atoms with Crippen molar-refractivity contribution in [1.82, 2.24) is 0 Å². The quantitative estimate of drug-likeness (QED) is 0.652. The van der Waals surface area contributed by atoms with Gasteiger partial charge in [-0.05, 0) is 30.7 Å². The lowest BCUT2D eigenvalue weighted by atomic mass is 10.2. The van der Waals surface area contributed by atoms with E-state index in [9.17, 15) is 0 Å². The van der Waals surface area contributed by atoms with E-state index in [2.05, 4.69) is 0 Å². The van der Waals surface area contributed by atoms with E-state index >= 15 is 0 Å². The lowest BCUT2D eigenvalue weighted by Gasteiger charge is -1.94. The Bertz CT molecular complexity index is 251. The van der Waals surface area contributed by atoms with Crippen LogP contribution in [-0.4, -0.2) is 6.61 Å². The summed E-state index contributed by atoms with van der Waals surface area (Å²) in [7, 11) is 0. The predicted molar refractivity (Wildman–Crippen MR) is 52.1 cm³/mol. The zero-order chi connectivity index (χ0) is 8.81. The van der Waals surface area contributed by atoms with Crippen molar-refractivity contribution in [3.63, 3.8) is 0 Å². The summed E-state index contributed by atoms with van der Waals surface area (Å²) in [5.41, 5.74) is 1.09. The molecule has 64 valence electrons. The lowest BCUT2D eigenvalue weighted by molar-refractivity contribution is 0.272. The van der Waals surface area contributed by atoms with Gasteiger partial charge in [-0.1, -0.05) is 23.7 Å². The van der Waals surface area contributed by atoms with E-state index in [1.807, 2.05) is 37.3 Å².